The van der Waals surface area contributed by atoms with Crippen molar-refractivity contribution in [3.05, 3.63) is 95.5 Å². The molecule has 1 aromatic carbocycles. The van der Waals surface area contributed by atoms with Crippen LogP contribution in [0.3, 0.4) is 0 Å². The number of allylic oxidation sites excluding steroid dienone is 5. The Morgan fingerprint density at radius 2 is 1.87 bits per heavy atom. The number of ether oxygens (including phenoxy) is 2. The topological polar surface area (TPSA) is 79.8 Å². The highest BCUT2D eigenvalue weighted by molar-refractivity contribution is 6.04. The first-order valence-corrected chi connectivity index (χ1v) is 15.1. The van der Waals surface area contributed by atoms with E-state index in [-0.39, 0.29) is 30.3 Å². The second kappa shape index (κ2) is 13.5. The van der Waals surface area contributed by atoms with Gasteiger partial charge in [0.1, 0.15) is 29.0 Å². The molecule has 236 valence electrons. The third-order valence-electron chi connectivity index (χ3n) is 8.46. The van der Waals surface area contributed by atoms with Crippen LogP contribution in [0.1, 0.15) is 67.3 Å². The standard InChI is InChI=1S/C35H39F2N5O3/c1-7-26(36)33(27(37)8-2)28-17-29(40-32-15-13-24(18-38-32)42-21(3)10-9-11-22(42)4)34-30(39-28)20-41(35(34)43)19-23-12-14-25(44-5)16-31(23)45-6/h7-8,12-18,21-22H,1,9-11,19-20H2,2-6H3,(H,38,39,40)/b27-8+,33-26-. The maximum absolute atomic E-state index is 15.0. The molecular formula is C35H39F2N5O3. The molecule has 8 nitrogen and oxygen atoms in total. The van der Waals surface area contributed by atoms with Crippen molar-refractivity contribution in [1.29, 1.82) is 0 Å². The lowest BCUT2D eigenvalue weighted by Crippen LogP contribution is -2.43. The van der Waals surface area contributed by atoms with Gasteiger partial charge in [-0.15, -0.1) is 0 Å². The molecule has 1 amide bonds. The van der Waals surface area contributed by atoms with E-state index in [1.165, 1.54) is 19.4 Å². The Balaban J connectivity index is 1.53. The summed E-state index contributed by atoms with van der Waals surface area (Å²) in [6.07, 6.45) is 7.37. The molecule has 5 rings (SSSR count). The number of hydrogen-bond donors (Lipinski definition) is 1. The second-order valence-corrected chi connectivity index (χ2v) is 11.3. The van der Waals surface area contributed by atoms with E-state index in [1.807, 2.05) is 24.4 Å². The van der Waals surface area contributed by atoms with Crippen LogP contribution in [0, 0.1) is 0 Å². The monoisotopic (exact) mass is 615 g/mol. The molecule has 3 aromatic rings. The van der Waals surface area contributed by atoms with Gasteiger partial charge in [-0.05, 0) is 76.4 Å². The van der Waals surface area contributed by atoms with E-state index >= 15 is 8.78 Å². The zero-order valence-electron chi connectivity index (χ0n) is 26.4. The first kappa shape index (κ1) is 31.7. The number of anilines is 3. The van der Waals surface area contributed by atoms with Gasteiger partial charge in [-0.3, -0.25) is 4.79 Å². The molecule has 2 aliphatic heterocycles. The lowest BCUT2D eigenvalue weighted by Gasteiger charge is -2.40. The van der Waals surface area contributed by atoms with Crippen molar-refractivity contribution in [3.63, 3.8) is 0 Å². The third-order valence-corrected chi connectivity index (χ3v) is 8.46. The zero-order chi connectivity index (χ0) is 32.2. The van der Waals surface area contributed by atoms with Crippen LogP contribution in [0.2, 0.25) is 0 Å². The predicted octanol–water partition coefficient (Wildman–Crippen LogP) is 7.90. The quantitative estimate of drug-likeness (QED) is 0.232. The van der Waals surface area contributed by atoms with Crippen molar-refractivity contribution in [1.82, 2.24) is 14.9 Å². The molecule has 2 aliphatic rings. The molecule has 1 N–H and O–H groups in total. The van der Waals surface area contributed by atoms with Gasteiger partial charge >= 0.3 is 0 Å². The first-order chi connectivity index (χ1) is 21.7. The van der Waals surface area contributed by atoms with Crippen LogP contribution in [0.5, 0.6) is 11.5 Å². The van der Waals surface area contributed by atoms with Crippen LogP contribution in [0.4, 0.5) is 26.0 Å². The van der Waals surface area contributed by atoms with Gasteiger partial charge in [0.2, 0.25) is 0 Å². The fourth-order valence-corrected chi connectivity index (χ4v) is 6.19. The highest BCUT2D eigenvalue weighted by atomic mass is 19.1. The van der Waals surface area contributed by atoms with Gasteiger partial charge in [0, 0.05) is 23.7 Å². The number of amides is 1. The van der Waals surface area contributed by atoms with Crippen LogP contribution < -0.4 is 19.7 Å². The lowest BCUT2D eigenvalue weighted by molar-refractivity contribution is 0.0766. The van der Waals surface area contributed by atoms with E-state index in [9.17, 15) is 4.79 Å². The van der Waals surface area contributed by atoms with Gasteiger partial charge in [-0.1, -0.05) is 12.7 Å². The van der Waals surface area contributed by atoms with Crippen LogP contribution in [0.25, 0.3) is 5.57 Å². The minimum absolute atomic E-state index is 0.0357. The molecule has 45 heavy (non-hydrogen) atoms. The van der Waals surface area contributed by atoms with E-state index in [4.69, 9.17) is 9.47 Å². The molecule has 1 fully saturated rings. The SMILES string of the molecule is C=C/C(F)=C(\C(F)=C/C)c1cc(Nc2ccc(N3C(C)CCCC3C)cn2)c2c(n1)CN(Cc1ccc(OC)cc1OC)C2=O. The molecule has 1 saturated heterocycles. The number of pyridine rings is 2. The molecule has 2 atom stereocenters. The summed E-state index contributed by atoms with van der Waals surface area (Å²) < 4.78 is 40.9. The number of benzene rings is 1. The predicted molar refractivity (Wildman–Crippen MR) is 173 cm³/mol. The summed E-state index contributed by atoms with van der Waals surface area (Å²) in [5.74, 6) is -0.248. The van der Waals surface area contributed by atoms with Gasteiger partial charge in [-0.25, -0.2) is 18.7 Å². The molecule has 2 aromatic heterocycles. The van der Waals surface area contributed by atoms with Gasteiger partial charge in [0.25, 0.3) is 5.91 Å². The minimum atomic E-state index is -0.861. The number of nitrogens with one attached hydrogen (secondary N) is 1. The lowest BCUT2D eigenvalue weighted by atomic mass is 9.97. The van der Waals surface area contributed by atoms with Gasteiger partial charge in [-0.2, -0.15) is 0 Å². The van der Waals surface area contributed by atoms with Gasteiger partial charge in [0.15, 0.2) is 0 Å². The summed E-state index contributed by atoms with van der Waals surface area (Å²) in [4.78, 5) is 27.1. The summed E-state index contributed by atoms with van der Waals surface area (Å²) in [7, 11) is 3.12. The average molecular weight is 616 g/mol. The maximum Gasteiger partial charge on any atom is 0.258 e. The number of carbonyl (C=O) groups excluding carboxylic acids is 1. The van der Waals surface area contributed by atoms with Crippen molar-refractivity contribution < 1.29 is 23.0 Å². The Morgan fingerprint density at radius 3 is 2.49 bits per heavy atom. The maximum atomic E-state index is 15.0. The number of rotatable bonds is 10. The number of piperidine rings is 1. The van der Waals surface area contributed by atoms with Crippen LogP contribution in [-0.4, -0.2) is 47.1 Å². The number of carbonyl (C=O) groups is 1. The van der Waals surface area contributed by atoms with E-state index in [1.54, 1.807) is 31.3 Å². The number of fused-ring (bicyclic) bond motifs is 1. The zero-order valence-corrected chi connectivity index (χ0v) is 26.4. The van der Waals surface area contributed by atoms with E-state index < -0.39 is 11.7 Å². The second-order valence-electron chi connectivity index (χ2n) is 11.3. The van der Waals surface area contributed by atoms with Crippen molar-refractivity contribution >= 4 is 28.7 Å². The normalized spacial score (nSPS) is 18.8. The van der Waals surface area contributed by atoms with Crippen LogP contribution in [0.15, 0.2) is 73.0 Å². The Hall–Kier alpha value is -4.73. The molecule has 0 spiro atoms. The molecule has 0 bridgehead atoms. The smallest absolute Gasteiger partial charge is 0.258 e. The molecule has 0 saturated carbocycles. The summed E-state index contributed by atoms with van der Waals surface area (Å²) in [5, 5.41) is 3.25. The highest BCUT2D eigenvalue weighted by Gasteiger charge is 2.34. The molecule has 4 heterocycles. The Labute approximate surface area is 263 Å². The van der Waals surface area contributed by atoms with E-state index in [0.29, 0.717) is 46.3 Å². The van der Waals surface area contributed by atoms with Crippen molar-refractivity contribution in [2.24, 2.45) is 0 Å². The van der Waals surface area contributed by atoms with Crippen LogP contribution in [-0.2, 0) is 13.1 Å². The summed E-state index contributed by atoms with van der Waals surface area (Å²) in [6, 6.07) is 11.5. The number of hydrogen-bond acceptors (Lipinski definition) is 7. The van der Waals surface area contributed by atoms with Crippen LogP contribution >= 0.6 is 0 Å². The Morgan fingerprint density at radius 1 is 1.11 bits per heavy atom. The largest absolute Gasteiger partial charge is 0.497 e. The van der Waals surface area contributed by atoms with Crippen molar-refractivity contribution in [3.8, 4) is 11.5 Å². The van der Waals surface area contributed by atoms with Gasteiger partial charge < -0.3 is 24.6 Å². The number of aromatic nitrogens is 2. The van der Waals surface area contributed by atoms with Gasteiger partial charge in [0.05, 0.1) is 67.4 Å². The molecule has 2 unspecified atom stereocenters. The Kier molecular flexibility index (Phi) is 9.51. The third kappa shape index (κ3) is 6.41. The Bertz CT molecular complexity index is 1640. The number of halogens is 2. The summed E-state index contributed by atoms with van der Waals surface area (Å²) >= 11 is 0. The minimum Gasteiger partial charge on any atom is -0.497 e. The first-order valence-electron chi connectivity index (χ1n) is 15.1. The number of methoxy groups -OCH3 is 2. The fraction of sp³-hybridized carbons (Fsp3) is 0.343. The highest BCUT2D eigenvalue weighted by Crippen LogP contribution is 2.38. The van der Waals surface area contributed by atoms with Crippen molar-refractivity contribution in [2.45, 2.75) is 65.2 Å². The number of nitrogens with zero attached hydrogens (tertiary/aromatic N) is 4. The van der Waals surface area contributed by atoms with E-state index in [2.05, 4.69) is 40.6 Å². The molecular weight excluding hydrogens is 576 g/mol. The molecule has 0 radical (unpaired) electrons. The van der Waals surface area contributed by atoms with E-state index in [0.717, 1.165) is 36.2 Å². The molecule has 10 heteroatoms. The summed E-state index contributed by atoms with van der Waals surface area (Å²) in [5.41, 5.74) is 2.54. The fourth-order valence-electron chi connectivity index (χ4n) is 6.19. The molecule has 0 aliphatic carbocycles. The average Bonchev–Trinajstić information content (AvgIpc) is 3.36. The summed E-state index contributed by atoms with van der Waals surface area (Å²) in [6.45, 7) is 9.75. The van der Waals surface area contributed by atoms with Crippen molar-refractivity contribution in [2.75, 3.05) is 24.4 Å².